The van der Waals surface area contributed by atoms with Gasteiger partial charge < -0.3 is 9.80 Å². The normalized spacial score (nSPS) is 12.9. The third-order valence-corrected chi connectivity index (χ3v) is 3.93. The van der Waals surface area contributed by atoms with Crippen LogP contribution in [0, 0.1) is 0 Å². The Labute approximate surface area is 130 Å². The van der Waals surface area contributed by atoms with Gasteiger partial charge in [-0.2, -0.15) is 0 Å². The van der Waals surface area contributed by atoms with E-state index < -0.39 is 0 Å². The van der Waals surface area contributed by atoms with Crippen molar-refractivity contribution >= 4 is 17.5 Å². The van der Waals surface area contributed by atoms with Crippen LogP contribution in [-0.4, -0.2) is 37.4 Å². The van der Waals surface area contributed by atoms with E-state index in [9.17, 15) is 9.59 Å². The second-order valence-electron chi connectivity index (χ2n) is 5.58. The Morgan fingerprint density at radius 3 is 2.41 bits per heavy atom. The van der Waals surface area contributed by atoms with E-state index in [1.165, 1.54) is 0 Å². The van der Waals surface area contributed by atoms with Crippen LogP contribution in [0.2, 0.25) is 0 Å². The molecule has 0 atom stereocenters. The van der Waals surface area contributed by atoms with Crippen molar-refractivity contribution < 1.29 is 9.59 Å². The number of carbonyl (C=O) groups is 2. The SMILES string of the molecule is CN(C)C(=O)c1cccc2c1CCN2C(=O)c1ccccc1. The van der Waals surface area contributed by atoms with Crippen molar-refractivity contribution in [3.8, 4) is 0 Å². The number of anilines is 1. The minimum Gasteiger partial charge on any atom is -0.345 e. The van der Waals surface area contributed by atoms with Crippen LogP contribution in [0.5, 0.6) is 0 Å². The Kier molecular flexibility index (Phi) is 3.67. The summed E-state index contributed by atoms with van der Waals surface area (Å²) in [6.07, 6.45) is 0.712. The zero-order valence-corrected chi connectivity index (χ0v) is 12.7. The summed E-state index contributed by atoms with van der Waals surface area (Å²) in [5, 5.41) is 0. The fourth-order valence-electron chi connectivity index (χ4n) is 2.82. The van der Waals surface area contributed by atoms with Crippen molar-refractivity contribution in [2.24, 2.45) is 0 Å². The molecule has 0 aliphatic carbocycles. The van der Waals surface area contributed by atoms with E-state index in [1.807, 2.05) is 48.5 Å². The predicted molar refractivity (Wildman–Crippen MR) is 86.3 cm³/mol. The summed E-state index contributed by atoms with van der Waals surface area (Å²) in [4.78, 5) is 28.3. The van der Waals surface area contributed by atoms with Crippen LogP contribution in [0.4, 0.5) is 5.69 Å². The van der Waals surface area contributed by atoms with Crippen molar-refractivity contribution in [3.05, 3.63) is 65.2 Å². The van der Waals surface area contributed by atoms with Gasteiger partial charge in [-0.05, 0) is 36.2 Å². The topological polar surface area (TPSA) is 40.6 Å². The molecule has 0 radical (unpaired) electrons. The second-order valence-corrected chi connectivity index (χ2v) is 5.58. The minimum absolute atomic E-state index is 0.0196. The van der Waals surface area contributed by atoms with Gasteiger partial charge in [-0.25, -0.2) is 0 Å². The van der Waals surface area contributed by atoms with Gasteiger partial charge >= 0.3 is 0 Å². The molecule has 3 rings (SSSR count). The van der Waals surface area contributed by atoms with Crippen LogP contribution in [-0.2, 0) is 6.42 Å². The van der Waals surface area contributed by atoms with Crippen LogP contribution < -0.4 is 4.90 Å². The van der Waals surface area contributed by atoms with Crippen LogP contribution >= 0.6 is 0 Å². The number of fused-ring (bicyclic) bond motifs is 1. The lowest BCUT2D eigenvalue weighted by atomic mass is 10.0. The van der Waals surface area contributed by atoms with E-state index in [2.05, 4.69) is 0 Å². The predicted octanol–water partition coefficient (Wildman–Crippen LogP) is 2.59. The van der Waals surface area contributed by atoms with Crippen molar-refractivity contribution in [1.29, 1.82) is 0 Å². The lowest BCUT2D eigenvalue weighted by molar-refractivity contribution is 0.0826. The van der Waals surface area contributed by atoms with Crippen molar-refractivity contribution in [2.45, 2.75) is 6.42 Å². The molecule has 0 unspecified atom stereocenters. The number of hydrogen-bond acceptors (Lipinski definition) is 2. The van der Waals surface area contributed by atoms with E-state index in [0.717, 1.165) is 11.3 Å². The summed E-state index contributed by atoms with van der Waals surface area (Å²) >= 11 is 0. The Morgan fingerprint density at radius 2 is 1.73 bits per heavy atom. The lowest BCUT2D eigenvalue weighted by Gasteiger charge is -2.18. The lowest BCUT2D eigenvalue weighted by Crippen LogP contribution is -2.28. The van der Waals surface area contributed by atoms with E-state index in [-0.39, 0.29) is 11.8 Å². The third kappa shape index (κ3) is 2.37. The third-order valence-electron chi connectivity index (χ3n) is 3.93. The van der Waals surface area contributed by atoms with Gasteiger partial charge in [0.1, 0.15) is 0 Å². The van der Waals surface area contributed by atoms with Gasteiger partial charge in [0.15, 0.2) is 0 Å². The first kappa shape index (κ1) is 14.3. The number of carbonyl (C=O) groups excluding carboxylic acids is 2. The molecule has 1 aliphatic heterocycles. The molecule has 0 N–H and O–H groups in total. The Morgan fingerprint density at radius 1 is 1.00 bits per heavy atom. The summed E-state index contributed by atoms with van der Waals surface area (Å²) in [5.74, 6) is -0.0420. The van der Waals surface area contributed by atoms with Gasteiger partial charge in [0.2, 0.25) is 0 Å². The molecule has 0 fully saturated rings. The first-order chi connectivity index (χ1) is 10.6. The largest absolute Gasteiger partial charge is 0.345 e. The molecule has 1 heterocycles. The van der Waals surface area contributed by atoms with E-state index in [1.54, 1.807) is 23.9 Å². The summed E-state index contributed by atoms with van der Waals surface area (Å²) in [6.45, 7) is 0.612. The fourth-order valence-corrected chi connectivity index (χ4v) is 2.82. The number of amides is 2. The highest BCUT2D eigenvalue weighted by atomic mass is 16.2. The van der Waals surface area contributed by atoms with E-state index in [4.69, 9.17) is 0 Å². The minimum atomic E-state index is -0.0224. The van der Waals surface area contributed by atoms with Crippen LogP contribution in [0.25, 0.3) is 0 Å². The van der Waals surface area contributed by atoms with Crippen LogP contribution in [0.1, 0.15) is 26.3 Å². The molecule has 0 bridgehead atoms. The van der Waals surface area contributed by atoms with Gasteiger partial charge in [-0.15, -0.1) is 0 Å². The highest BCUT2D eigenvalue weighted by Gasteiger charge is 2.29. The zero-order valence-electron chi connectivity index (χ0n) is 12.7. The van der Waals surface area contributed by atoms with E-state index in [0.29, 0.717) is 24.1 Å². The zero-order chi connectivity index (χ0) is 15.7. The molecule has 1 aliphatic rings. The van der Waals surface area contributed by atoms with Crippen molar-refractivity contribution in [3.63, 3.8) is 0 Å². The molecule has 22 heavy (non-hydrogen) atoms. The molecule has 2 amide bonds. The molecular formula is C18H18N2O2. The molecule has 0 saturated heterocycles. The molecule has 0 saturated carbocycles. The fraction of sp³-hybridized carbons (Fsp3) is 0.222. The molecule has 0 aromatic heterocycles. The first-order valence-corrected chi connectivity index (χ1v) is 7.30. The Balaban J connectivity index is 1.98. The molecule has 4 heteroatoms. The first-order valence-electron chi connectivity index (χ1n) is 7.30. The standard InChI is InChI=1S/C18H18N2O2/c1-19(2)18(22)15-9-6-10-16-14(15)11-12-20(16)17(21)13-7-4-3-5-8-13/h3-10H,11-12H2,1-2H3. The summed E-state index contributed by atoms with van der Waals surface area (Å²) < 4.78 is 0. The maximum absolute atomic E-state index is 12.7. The summed E-state index contributed by atoms with van der Waals surface area (Å²) in [6, 6.07) is 14.8. The van der Waals surface area contributed by atoms with Gasteiger partial charge in [-0.1, -0.05) is 24.3 Å². The van der Waals surface area contributed by atoms with Gasteiger partial charge in [0.05, 0.1) is 0 Å². The van der Waals surface area contributed by atoms with E-state index >= 15 is 0 Å². The molecule has 0 spiro atoms. The summed E-state index contributed by atoms with van der Waals surface area (Å²) in [5.41, 5.74) is 3.16. The maximum Gasteiger partial charge on any atom is 0.258 e. The number of hydrogen-bond donors (Lipinski definition) is 0. The number of nitrogens with zero attached hydrogens (tertiary/aromatic N) is 2. The van der Waals surface area contributed by atoms with Crippen LogP contribution in [0.15, 0.2) is 48.5 Å². The van der Waals surface area contributed by atoms with Gasteiger partial charge in [0, 0.05) is 37.5 Å². The molecule has 2 aromatic rings. The maximum atomic E-state index is 12.7. The smallest absolute Gasteiger partial charge is 0.258 e. The molecule has 2 aromatic carbocycles. The van der Waals surface area contributed by atoms with Crippen LogP contribution in [0.3, 0.4) is 0 Å². The van der Waals surface area contributed by atoms with Crippen molar-refractivity contribution in [2.75, 3.05) is 25.5 Å². The highest BCUT2D eigenvalue weighted by molar-refractivity contribution is 6.08. The number of benzene rings is 2. The van der Waals surface area contributed by atoms with Gasteiger partial charge in [0.25, 0.3) is 11.8 Å². The monoisotopic (exact) mass is 294 g/mol. The van der Waals surface area contributed by atoms with Crippen molar-refractivity contribution in [1.82, 2.24) is 4.90 Å². The molecule has 112 valence electrons. The summed E-state index contributed by atoms with van der Waals surface area (Å²) in [7, 11) is 3.48. The average Bonchev–Trinajstić information content (AvgIpc) is 2.98. The molecule has 4 nitrogen and oxygen atoms in total. The number of rotatable bonds is 2. The van der Waals surface area contributed by atoms with Gasteiger partial charge in [-0.3, -0.25) is 9.59 Å². The highest BCUT2D eigenvalue weighted by Crippen LogP contribution is 2.32. The quantitative estimate of drug-likeness (QED) is 0.854. The Hall–Kier alpha value is -2.62. The molecular weight excluding hydrogens is 276 g/mol. The second kappa shape index (κ2) is 5.64. The average molecular weight is 294 g/mol. The Bertz CT molecular complexity index is 723.